The maximum Gasteiger partial charge on any atom is 0.303 e. The number of carbonyl (C=O) groups is 1. The molecule has 0 bridgehead atoms. The van der Waals surface area contributed by atoms with E-state index in [1.165, 1.54) is 0 Å². The smallest absolute Gasteiger partial charge is 0.303 e. The van der Waals surface area contributed by atoms with E-state index in [9.17, 15) is 4.79 Å². The van der Waals surface area contributed by atoms with E-state index in [-0.39, 0.29) is 6.42 Å². The summed E-state index contributed by atoms with van der Waals surface area (Å²) in [5.74, 6) is 1.08. The number of hydrogen-bond acceptors (Lipinski definition) is 5. The zero-order chi connectivity index (χ0) is 23.7. The van der Waals surface area contributed by atoms with Crippen molar-refractivity contribution >= 4 is 29.2 Å². The summed E-state index contributed by atoms with van der Waals surface area (Å²) in [5.41, 5.74) is 4.12. The summed E-state index contributed by atoms with van der Waals surface area (Å²) in [6.07, 6.45) is 5.05. The molecular weight excluding hydrogens is 473 g/mol. The topological polar surface area (TPSA) is 75.5 Å². The molecule has 8 heteroatoms. The third-order valence-corrected chi connectivity index (χ3v) is 7.03. The molecule has 34 heavy (non-hydrogen) atoms. The number of rotatable bonds is 7. The molecule has 176 valence electrons. The third-order valence-electron chi connectivity index (χ3n) is 6.59. The number of carboxylic acids is 1. The first-order valence-corrected chi connectivity index (χ1v) is 12.2. The predicted molar refractivity (Wildman–Crippen MR) is 131 cm³/mol. The number of carboxylic acid groups (broad SMARTS) is 1. The lowest BCUT2D eigenvalue weighted by atomic mass is 9.77. The van der Waals surface area contributed by atoms with Crippen molar-refractivity contribution < 1.29 is 14.6 Å². The van der Waals surface area contributed by atoms with Gasteiger partial charge in [-0.05, 0) is 66.8 Å². The molecule has 0 unspecified atom stereocenters. The third kappa shape index (κ3) is 5.35. The van der Waals surface area contributed by atoms with E-state index in [4.69, 9.17) is 38.0 Å². The van der Waals surface area contributed by atoms with Crippen molar-refractivity contribution in [2.24, 2.45) is 5.92 Å². The number of hydrogen-bond donors (Lipinski definition) is 1. The summed E-state index contributed by atoms with van der Waals surface area (Å²) >= 11 is 12.1. The predicted octanol–water partition coefficient (Wildman–Crippen LogP) is 5.64. The van der Waals surface area contributed by atoms with Crippen molar-refractivity contribution in [3.8, 4) is 17.1 Å². The highest BCUT2D eigenvalue weighted by atomic mass is 35.5. The molecule has 1 aromatic heterocycles. The lowest BCUT2D eigenvalue weighted by Gasteiger charge is -2.44. The molecule has 2 aromatic carbocycles. The largest absolute Gasteiger partial charge is 0.489 e. The highest BCUT2D eigenvalue weighted by molar-refractivity contribution is 6.34. The van der Waals surface area contributed by atoms with Crippen molar-refractivity contribution in [2.75, 3.05) is 6.54 Å². The van der Waals surface area contributed by atoms with Crippen LogP contribution in [0.1, 0.15) is 36.1 Å². The molecule has 1 aliphatic carbocycles. The molecule has 0 spiro atoms. The number of nitrogens with zero attached hydrogens (tertiary/aromatic N) is 3. The Kier molecular flexibility index (Phi) is 6.73. The molecule has 2 heterocycles. The van der Waals surface area contributed by atoms with Gasteiger partial charge in [-0.25, -0.2) is 9.97 Å². The molecule has 2 aliphatic rings. The minimum atomic E-state index is -0.695. The van der Waals surface area contributed by atoms with Crippen molar-refractivity contribution in [1.82, 2.24) is 14.9 Å². The first kappa shape index (κ1) is 23.1. The van der Waals surface area contributed by atoms with Crippen LogP contribution in [0, 0.1) is 5.92 Å². The Balaban J connectivity index is 1.19. The van der Waals surface area contributed by atoms with E-state index in [2.05, 4.69) is 9.88 Å². The van der Waals surface area contributed by atoms with Gasteiger partial charge in [0, 0.05) is 59.3 Å². The molecule has 3 aromatic rings. The molecular formula is C26H25Cl2N3O3. The molecule has 0 amide bonds. The summed E-state index contributed by atoms with van der Waals surface area (Å²) in [7, 11) is 0. The SMILES string of the molecule is O=C(O)CC1CC(N2CCc3nc(-c4ccc(OCc5cc(Cl)cc(Cl)c5)cc4)ncc3C2)C1. The number of aromatic nitrogens is 2. The minimum Gasteiger partial charge on any atom is -0.489 e. The Bertz CT molecular complexity index is 1180. The summed E-state index contributed by atoms with van der Waals surface area (Å²) in [6, 6.07) is 13.6. The Hall–Kier alpha value is -2.67. The lowest BCUT2D eigenvalue weighted by molar-refractivity contribution is -0.139. The summed E-state index contributed by atoms with van der Waals surface area (Å²) in [6.45, 7) is 2.16. The van der Waals surface area contributed by atoms with Crippen LogP contribution < -0.4 is 4.74 Å². The van der Waals surface area contributed by atoms with Crippen LogP contribution in [-0.4, -0.2) is 38.5 Å². The molecule has 6 nitrogen and oxygen atoms in total. The molecule has 1 fully saturated rings. The quantitative estimate of drug-likeness (QED) is 0.455. The van der Waals surface area contributed by atoms with Crippen LogP contribution in [-0.2, 0) is 24.4 Å². The Morgan fingerprint density at radius 3 is 2.56 bits per heavy atom. The van der Waals surface area contributed by atoms with Gasteiger partial charge in [0.2, 0.25) is 0 Å². The maximum absolute atomic E-state index is 10.9. The molecule has 5 rings (SSSR count). The van der Waals surface area contributed by atoms with E-state index >= 15 is 0 Å². The Morgan fingerprint density at radius 2 is 1.85 bits per heavy atom. The van der Waals surface area contributed by atoms with Crippen LogP contribution >= 0.6 is 23.2 Å². The van der Waals surface area contributed by atoms with Crippen LogP contribution in [0.2, 0.25) is 10.0 Å². The van der Waals surface area contributed by atoms with Gasteiger partial charge >= 0.3 is 5.97 Å². The molecule has 0 radical (unpaired) electrons. The van der Waals surface area contributed by atoms with E-state index in [1.807, 2.05) is 42.6 Å². The normalized spacial score (nSPS) is 19.8. The van der Waals surface area contributed by atoms with Gasteiger partial charge in [-0.3, -0.25) is 9.69 Å². The first-order chi connectivity index (χ1) is 16.4. The monoisotopic (exact) mass is 497 g/mol. The lowest BCUT2D eigenvalue weighted by Crippen LogP contribution is -2.47. The zero-order valence-corrected chi connectivity index (χ0v) is 20.1. The van der Waals surface area contributed by atoms with Crippen LogP contribution in [0.5, 0.6) is 5.75 Å². The number of halogens is 2. The van der Waals surface area contributed by atoms with Crippen molar-refractivity contribution in [1.29, 1.82) is 0 Å². The van der Waals surface area contributed by atoms with Crippen LogP contribution in [0.4, 0.5) is 0 Å². The fourth-order valence-electron chi connectivity index (χ4n) is 4.76. The number of ether oxygens (including phenoxy) is 1. The number of fused-ring (bicyclic) bond motifs is 1. The van der Waals surface area contributed by atoms with Crippen molar-refractivity contribution in [3.05, 3.63) is 75.5 Å². The molecule has 1 aliphatic heterocycles. The van der Waals surface area contributed by atoms with E-state index < -0.39 is 5.97 Å². The van der Waals surface area contributed by atoms with Gasteiger partial charge in [0.05, 0.1) is 5.69 Å². The number of benzene rings is 2. The van der Waals surface area contributed by atoms with Gasteiger partial charge in [0.25, 0.3) is 0 Å². The van der Waals surface area contributed by atoms with Gasteiger partial charge in [0.1, 0.15) is 12.4 Å². The van der Waals surface area contributed by atoms with Gasteiger partial charge in [-0.2, -0.15) is 0 Å². The van der Waals surface area contributed by atoms with Crippen LogP contribution in [0.15, 0.2) is 48.7 Å². The highest BCUT2D eigenvalue weighted by Crippen LogP contribution is 2.36. The van der Waals surface area contributed by atoms with Gasteiger partial charge in [0.15, 0.2) is 5.82 Å². The summed E-state index contributed by atoms with van der Waals surface area (Å²) in [4.78, 5) is 22.8. The van der Waals surface area contributed by atoms with Gasteiger partial charge < -0.3 is 9.84 Å². The molecule has 0 atom stereocenters. The van der Waals surface area contributed by atoms with Gasteiger partial charge in [-0.15, -0.1) is 0 Å². The second kappa shape index (κ2) is 9.90. The van der Waals surface area contributed by atoms with Crippen molar-refractivity contribution in [3.63, 3.8) is 0 Å². The van der Waals surface area contributed by atoms with Gasteiger partial charge in [-0.1, -0.05) is 23.2 Å². The van der Waals surface area contributed by atoms with Crippen LogP contribution in [0.25, 0.3) is 11.4 Å². The average Bonchev–Trinajstić information content (AvgIpc) is 2.79. The second-order valence-corrected chi connectivity index (χ2v) is 9.94. The Labute approximate surface area is 208 Å². The molecule has 1 saturated carbocycles. The van der Waals surface area contributed by atoms with Crippen LogP contribution in [0.3, 0.4) is 0 Å². The molecule has 1 N–H and O–H groups in total. The van der Waals surface area contributed by atoms with E-state index in [0.717, 1.165) is 60.5 Å². The second-order valence-electron chi connectivity index (χ2n) is 9.07. The summed E-state index contributed by atoms with van der Waals surface area (Å²) < 4.78 is 5.87. The average molecular weight is 498 g/mol. The fourth-order valence-corrected chi connectivity index (χ4v) is 5.33. The minimum absolute atomic E-state index is 0.284. The van der Waals surface area contributed by atoms with E-state index in [1.54, 1.807) is 6.07 Å². The fraction of sp³-hybridized carbons (Fsp3) is 0.346. The Morgan fingerprint density at radius 1 is 1.12 bits per heavy atom. The zero-order valence-electron chi connectivity index (χ0n) is 18.6. The maximum atomic E-state index is 10.9. The first-order valence-electron chi connectivity index (χ1n) is 11.4. The summed E-state index contributed by atoms with van der Waals surface area (Å²) in [5, 5.41) is 10.1. The van der Waals surface area contributed by atoms with Crippen molar-refractivity contribution in [2.45, 2.75) is 44.9 Å². The van der Waals surface area contributed by atoms with E-state index in [0.29, 0.717) is 34.4 Å². The molecule has 0 saturated heterocycles. The number of aliphatic carboxylic acids is 1. The highest BCUT2D eigenvalue weighted by Gasteiger charge is 2.36. The standard InChI is InChI=1S/C26H25Cl2N3O3/c27-20-7-17(8-21(28)12-20)15-34-23-3-1-18(2-4-23)26-29-13-19-14-31(6-5-24(19)30-26)22-9-16(10-22)11-25(32)33/h1-4,7-8,12-13,16,22H,5-6,9-11,14-15H2,(H,32,33).